The van der Waals surface area contributed by atoms with Crippen molar-refractivity contribution in [3.8, 4) is 11.8 Å². The number of ether oxygens (including phenoxy) is 2. The molecule has 0 amide bonds. The van der Waals surface area contributed by atoms with E-state index < -0.39 is 5.97 Å². The molecule has 2 rings (SSSR count). The van der Waals surface area contributed by atoms with Gasteiger partial charge in [0.1, 0.15) is 12.4 Å². The quantitative estimate of drug-likeness (QED) is 0.789. The van der Waals surface area contributed by atoms with Gasteiger partial charge in [0.25, 0.3) is 0 Å². The fourth-order valence-corrected chi connectivity index (χ4v) is 1.86. The summed E-state index contributed by atoms with van der Waals surface area (Å²) in [4.78, 5) is 12.0. The summed E-state index contributed by atoms with van der Waals surface area (Å²) in [6.07, 6.45) is 0. The summed E-state index contributed by atoms with van der Waals surface area (Å²) in [7, 11) is 0. The summed E-state index contributed by atoms with van der Waals surface area (Å²) in [5.74, 6) is 0.247. The lowest BCUT2D eigenvalue weighted by Gasteiger charge is -2.10. The summed E-state index contributed by atoms with van der Waals surface area (Å²) in [5, 5.41) is 8.83. The molecular weight excluding hydrogens is 266 g/mol. The van der Waals surface area contributed by atoms with Crippen LogP contribution in [0.2, 0.25) is 0 Å². The molecule has 0 bridgehead atoms. The first-order chi connectivity index (χ1) is 10.2. The Kier molecular flexibility index (Phi) is 4.94. The molecule has 4 nitrogen and oxygen atoms in total. The van der Waals surface area contributed by atoms with E-state index in [0.29, 0.717) is 23.5 Å². The Hall–Kier alpha value is -2.80. The largest absolute Gasteiger partial charge is 0.493 e. The van der Waals surface area contributed by atoms with Crippen molar-refractivity contribution in [3.05, 3.63) is 65.2 Å². The van der Waals surface area contributed by atoms with Crippen molar-refractivity contribution in [2.24, 2.45) is 0 Å². The van der Waals surface area contributed by atoms with Crippen LogP contribution in [-0.2, 0) is 11.3 Å². The number of carbonyl (C=O) groups excluding carboxylic acids is 1. The van der Waals surface area contributed by atoms with Crippen LogP contribution < -0.4 is 4.74 Å². The van der Waals surface area contributed by atoms with Crippen LogP contribution in [0, 0.1) is 11.3 Å². The maximum Gasteiger partial charge on any atom is 0.338 e. The van der Waals surface area contributed by atoms with Crippen LogP contribution in [0.25, 0.3) is 0 Å². The average Bonchev–Trinajstić information content (AvgIpc) is 2.54. The topological polar surface area (TPSA) is 59.3 Å². The van der Waals surface area contributed by atoms with E-state index in [-0.39, 0.29) is 6.61 Å². The second kappa shape index (κ2) is 7.11. The third-order valence-electron chi connectivity index (χ3n) is 2.86. The second-order valence-corrected chi connectivity index (χ2v) is 4.31. The highest BCUT2D eigenvalue weighted by Gasteiger charge is 2.10. The van der Waals surface area contributed by atoms with Crippen molar-refractivity contribution >= 4 is 5.97 Å². The van der Waals surface area contributed by atoms with Gasteiger partial charge < -0.3 is 9.47 Å². The Morgan fingerprint density at radius 1 is 1.19 bits per heavy atom. The molecule has 0 atom stereocenters. The highest BCUT2D eigenvalue weighted by molar-refractivity contribution is 5.89. The maximum atomic E-state index is 12.0. The number of carbonyl (C=O) groups is 1. The average molecular weight is 281 g/mol. The Balaban J connectivity index is 2.06. The highest BCUT2D eigenvalue weighted by Crippen LogP contribution is 2.19. The van der Waals surface area contributed by atoms with E-state index in [1.807, 2.05) is 37.3 Å². The molecule has 0 aliphatic carbocycles. The monoisotopic (exact) mass is 281 g/mol. The molecular formula is C17H15NO3. The third-order valence-corrected chi connectivity index (χ3v) is 2.86. The van der Waals surface area contributed by atoms with Gasteiger partial charge in [-0.05, 0) is 31.2 Å². The van der Waals surface area contributed by atoms with Gasteiger partial charge in [0.05, 0.1) is 23.8 Å². The standard InChI is InChI=1S/C17H15NO3/c1-2-20-16-9-4-3-7-15(16)12-21-17(19)14-8-5-6-13(10-14)11-18/h3-10H,2,12H2,1H3. The van der Waals surface area contributed by atoms with Crippen molar-refractivity contribution in [2.75, 3.05) is 6.61 Å². The smallest absolute Gasteiger partial charge is 0.338 e. The first-order valence-corrected chi connectivity index (χ1v) is 6.62. The zero-order valence-corrected chi connectivity index (χ0v) is 11.7. The molecule has 0 saturated heterocycles. The Morgan fingerprint density at radius 2 is 2.00 bits per heavy atom. The van der Waals surface area contributed by atoms with E-state index in [0.717, 1.165) is 5.56 Å². The highest BCUT2D eigenvalue weighted by atomic mass is 16.5. The molecule has 0 heterocycles. The van der Waals surface area contributed by atoms with E-state index in [1.165, 1.54) is 6.07 Å². The third kappa shape index (κ3) is 3.83. The Morgan fingerprint density at radius 3 is 2.76 bits per heavy atom. The summed E-state index contributed by atoms with van der Waals surface area (Å²) >= 11 is 0. The number of benzene rings is 2. The normalized spacial score (nSPS) is 9.71. The summed E-state index contributed by atoms with van der Waals surface area (Å²) < 4.78 is 10.7. The van der Waals surface area contributed by atoms with E-state index >= 15 is 0 Å². The number of esters is 1. The Bertz CT molecular complexity index is 674. The van der Waals surface area contributed by atoms with Crippen molar-refractivity contribution in [1.82, 2.24) is 0 Å². The van der Waals surface area contributed by atoms with Gasteiger partial charge in [0.2, 0.25) is 0 Å². The van der Waals surface area contributed by atoms with Gasteiger partial charge in [-0.25, -0.2) is 4.79 Å². The van der Waals surface area contributed by atoms with Crippen molar-refractivity contribution in [3.63, 3.8) is 0 Å². The molecule has 0 aliphatic rings. The predicted octanol–water partition coefficient (Wildman–Crippen LogP) is 3.31. The molecule has 0 fully saturated rings. The number of nitriles is 1. The molecule has 4 heteroatoms. The minimum atomic E-state index is -0.460. The zero-order chi connectivity index (χ0) is 15.1. The lowest BCUT2D eigenvalue weighted by molar-refractivity contribution is 0.0469. The van der Waals surface area contributed by atoms with Crippen LogP contribution in [0.5, 0.6) is 5.75 Å². The van der Waals surface area contributed by atoms with Crippen LogP contribution in [0.15, 0.2) is 48.5 Å². The molecule has 0 aliphatic heterocycles. The molecule has 0 unspecified atom stereocenters. The van der Waals surface area contributed by atoms with Crippen LogP contribution in [0.4, 0.5) is 0 Å². The number of hydrogen-bond acceptors (Lipinski definition) is 4. The minimum Gasteiger partial charge on any atom is -0.493 e. The molecule has 2 aromatic rings. The van der Waals surface area contributed by atoms with E-state index in [4.69, 9.17) is 14.7 Å². The first-order valence-electron chi connectivity index (χ1n) is 6.62. The van der Waals surface area contributed by atoms with E-state index in [2.05, 4.69) is 0 Å². The molecule has 106 valence electrons. The maximum absolute atomic E-state index is 12.0. The Labute approximate surface area is 123 Å². The van der Waals surface area contributed by atoms with Crippen LogP contribution in [0.1, 0.15) is 28.4 Å². The second-order valence-electron chi connectivity index (χ2n) is 4.31. The van der Waals surface area contributed by atoms with Crippen molar-refractivity contribution in [2.45, 2.75) is 13.5 Å². The lowest BCUT2D eigenvalue weighted by Crippen LogP contribution is -2.06. The summed E-state index contributed by atoms with van der Waals surface area (Å²) in [6.45, 7) is 2.58. The molecule has 0 saturated carbocycles. The fraction of sp³-hybridized carbons (Fsp3) is 0.176. The first kappa shape index (κ1) is 14.6. The fourth-order valence-electron chi connectivity index (χ4n) is 1.86. The van der Waals surface area contributed by atoms with Gasteiger partial charge in [0.15, 0.2) is 0 Å². The van der Waals surface area contributed by atoms with Gasteiger partial charge >= 0.3 is 5.97 Å². The number of para-hydroxylation sites is 1. The van der Waals surface area contributed by atoms with Gasteiger partial charge in [-0.2, -0.15) is 5.26 Å². The predicted molar refractivity (Wildman–Crippen MR) is 77.9 cm³/mol. The zero-order valence-electron chi connectivity index (χ0n) is 11.7. The van der Waals surface area contributed by atoms with Gasteiger partial charge in [0, 0.05) is 5.56 Å². The van der Waals surface area contributed by atoms with Gasteiger partial charge in [-0.1, -0.05) is 24.3 Å². The molecule has 2 aromatic carbocycles. The molecule has 0 aromatic heterocycles. The number of hydrogen-bond donors (Lipinski definition) is 0. The minimum absolute atomic E-state index is 0.131. The van der Waals surface area contributed by atoms with E-state index in [9.17, 15) is 4.79 Å². The van der Waals surface area contributed by atoms with Crippen molar-refractivity contribution in [1.29, 1.82) is 5.26 Å². The molecule has 0 spiro atoms. The summed E-state index contributed by atoms with van der Waals surface area (Å²) in [5.41, 5.74) is 1.60. The number of nitrogens with zero attached hydrogens (tertiary/aromatic N) is 1. The lowest BCUT2D eigenvalue weighted by atomic mass is 10.1. The van der Waals surface area contributed by atoms with Crippen LogP contribution in [-0.4, -0.2) is 12.6 Å². The summed E-state index contributed by atoms with van der Waals surface area (Å²) in [6, 6.07) is 15.8. The van der Waals surface area contributed by atoms with Gasteiger partial charge in [-0.3, -0.25) is 0 Å². The van der Waals surface area contributed by atoms with Crippen LogP contribution >= 0.6 is 0 Å². The van der Waals surface area contributed by atoms with Crippen LogP contribution in [0.3, 0.4) is 0 Å². The SMILES string of the molecule is CCOc1ccccc1COC(=O)c1cccc(C#N)c1. The molecule has 0 N–H and O–H groups in total. The van der Waals surface area contributed by atoms with E-state index in [1.54, 1.807) is 18.2 Å². The van der Waals surface area contributed by atoms with Gasteiger partial charge in [-0.15, -0.1) is 0 Å². The van der Waals surface area contributed by atoms with Crippen molar-refractivity contribution < 1.29 is 14.3 Å². The molecule has 21 heavy (non-hydrogen) atoms. The molecule has 0 radical (unpaired) electrons. The number of rotatable bonds is 5.